The second kappa shape index (κ2) is 3.46. The molecular formula is C9H5Cl3N2. The van der Waals surface area contributed by atoms with Crippen LogP contribution in [-0.2, 0) is 0 Å². The van der Waals surface area contributed by atoms with Gasteiger partial charge in [0.05, 0.1) is 21.2 Å². The highest BCUT2D eigenvalue weighted by atomic mass is 35.5. The van der Waals surface area contributed by atoms with Crippen molar-refractivity contribution in [2.75, 3.05) is 5.73 Å². The predicted molar refractivity (Wildman–Crippen MR) is 61.2 cm³/mol. The van der Waals surface area contributed by atoms with Gasteiger partial charge >= 0.3 is 0 Å². The lowest BCUT2D eigenvalue weighted by molar-refractivity contribution is 1.41. The zero-order valence-electron chi connectivity index (χ0n) is 6.89. The molecule has 0 aliphatic rings. The van der Waals surface area contributed by atoms with Crippen LogP contribution in [0.15, 0.2) is 18.3 Å². The topological polar surface area (TPSA) is 38.9 Å². The van der Waals surface area contributed by atoms with Crippen LogP contribution in [0.4, 0.5) is 5.69 Å². The van der Waals surface area contributed by atoms with Crippen molar-refractivity contribution in [1.82, 2.24) is 4.98 Å². The number of hydrogen-bond donors (Lipinski definition) is 1. The van der Waals surface area contributed by atoms with E-state index in [1.807, 2.05) is 0 Å². The summed E-state index contributed by atoms with van der Waals surface area (Å²) in [7, 11) is 0. The molecule has 5 heteroatoms. The van der Waals surface area contributed by atoms with Crippen LogP contribution in [0, 0.1) is 0 Å². The van der Waals surface area contributed by atoms with Gasteiger partial charge in [-0.15, -0.1) is 0 Å². The first kappa shape index (κ1) is 9.84. The number of nitrogens with zero attached hydrogens (tertiary/aromatic N) is 1. The van der Waals surface area contributed by atoms with Crippen molar-refractivity contribution in [3.63, 3.8) is 0 Å². The molecule has 1 aromatic heterocycles. The van der Waals surface area contributed by atoms with Gasteiger partial charge in [0, 0.05) is 16.6 Å². The molecule has 0 spiro atoms. The molecule has 0 aliphatic heterocycles. The number of nitrogen functional groups attached to an aromatic ring is 1. The van der Waals surface area contributed by atoms with E-state index in [-0.39, 0.29) is 0 Å². The van der Waals surface area contributed by atoms with Crippen LogP contribution >= 0.6 is 34.8 Å². The van der Waals surface area contributed by atoms with Crippen LogP contribution < -0.4 is 5.73 Å². The summed E-state index contributed by atoms with van der Waals surface area (Å²) in [6.45, 7) is 0. The lowest BCUT2D eigenvalue weighted by Crippen LogP contribution is -1.91. The Morgan fingerprint density at radius 3 is 2.50 bits per heavy atom. The van der Waals surface area contributed by atoms with Gasteiger partial charge in [0.1, 0.15) is 0 Å². The highest BCUT2D eigenvalue weighted by Crippen LogP contribution is 2.33. The number of rotatable bonds is 0. The van der Waals surface area contributed by atoms with Crippen LogP contribution in [0.1, 0.15) is 0 Å². The average molecular weight is 248 g/mol. The van der Waals surface area contributed by atoms with Gasteiger partial charge in [-0.3, -0.25) is 4.98 Å². The summed E-state index contributed by atoms with van der Waals surface area (Å²) in [5, 5.41) is 2.06. The second-order valence-corrected chi connectivity index (χ2v) is 4.05. The summed E-state index contributed by atoms with van der Waals surface area (Å²) >= 11 is 17.6. The number of hydrogen-bond acceptors (Lipinski definition) is 2. The van der Waals surface area contributed by atoms with E-state index in [4.69, 9.17) is 40.5 Å². The van der Waals surface area contributed by atoms with Gasteiger partial charge < -0.3 is 5.73 Å². The molecule has 0 atom stereocenters. The molecular weight excluding hydrogens is 242 g/mol. The predicted octanol–water partition coefficient (Wildman–Crippen LogP) is 3.78. The standard InChI is InChI=1S/C9H5Cl3N2/c10-4-1-5-8(13)7(12)3-14-9(5)6(11)2-4/h1-3H,(H2,13,14). The van der Waals surface area contributed by atoms with E-state index in [2.05, 4.69) is 4.98 Å². The summed E-state index contributed by atoms with van der Waals surface area (Å²) in [4.78, 5) is 4.08. The minimum atomic E-state index is 0.399. The molecule has 72 valence electrons. The van der Waals surface area contributed by atoms with Crippen LogP contribution in [0.5, 0.6) is 0 Å². The lowest BCUT2D eigenvalue weighted by atomic mass is 10.2. The maximum absolute atomic E-state index is 5.94. The molecule has 0 radical (unpaired) electrons. The van der Waals surface area contributed by atoms with E-state index in [1.54, 1.807) is 12.1 Å². The highest BCUT2D eigenvalue weighted by Gasteiger charge is 2.08. The summed E-state index contributed by atoms with van der Waals surface area (Å²) in [6, 6.07) is 3.31. The Labute approximate surface area is 95.6 Å². The maximum atomic E-state index is 5.94. The normalized spacial score (nSPS) is 10.8. The first-order valence-corrected chi connectivity index (χ1v) is 4.91. The van der Waals surface area contributed by atoms with Gasteiger partial charge in [0.25, 0.3) is 0 Å². The summed E-state index contributed by atoms with van der Waals surface area (Å²) in [5.74, 6) is 0. The van der Waals surface area contributed by atoms with Crippen molar-refractivity contribution in [1.29, 1.82) is 0 Å². The van der Waals surface area contributed by atoms with E-state index >= 15 is 0 Å². The Hall–Kier alpha value is -0.700. The summed E-state index contributed by atoms with van der Waals surface area (Å²) in [6.07, 6.45) is 1.47. The van der Waals surface area contributed by atoms with E-state index in [0.717, 1.165) is 0 Å². The fraction of sp³-hybridized carbons (Fsp3) is 0. The Bertz CT molecular complexity index is 511. The third-order valence-electron chi connectivity index (χ3n) is 1.88. The number of anilines is 1. The summed E-state index contributed by atoms with van der Waals surface area (Å²) < 4.78 is 0. The Kier molecular flexibility index (Phi) is 2.43. The molecule has 0 aliphatic carbocycles. The SMILES string of the molecule is Nc1c(Cl)cnc2c(Cl)cc(Cl)cc12. The molecule has 0 unspecified atom stereocenters. The van der Waals surface area contributed by atoms with Crippen LogP contribution in [0.25, 0.3) is 10.9 Å². The van der Waals surface area contributed by atoms with Crippen LogP contribution in [0.2, 0.25) is 15.1 Å². The molecule has 1 heterocycles. The molecule has 0 saturated carbocycles. The van der Waals surface area contributed by atoms with Gasteiger partial charge in [-0.25, -0.2) is 0 Å². The monoisotopic (exact) mass is 246 g/mol. The minimum Gasteiger partial charge on any atom is -0.397 e. The number of nitrogens with two attached hydrogens (primary N) is 1. The number of benzene rings is 1. The highest BCUT2D eigenvalue weighted by molar-refractivity contribution is 6.40. The molecule has 2 aromatic rings. The van der Waals surface area contributed by atoms with Crippen LogP contribution in [0.3, 0.4) is 0 Å². The van der Waals surface area contributed by atoms with Gasteiger partial charge in [-0.2, -0.15) is 0 Å². The smallest absolute Gasteiger partial charge is 0.0911 e. The minimum absolute atomic E-state index is 0.399. The van der Waals surface area contributed by atoms with Crippen LogP contribution in [-0.4, -0.2) is 4.98 Å². The molecule has 0 amide bonds. The zero-order chi connectivity index (χ0) is 10.3. The maximum Gasteiger partial charge on any atom is 0.0911 e. The fourth-order valence-corrected chi connectivity index (χ4v) is 1.91. The van der Waals surface area contributed by atoms with E-state index < -0.39 is 0 Å². The first-order chi connectivity index (χ1) is 6.59. The molecule has 2 N–H and O–H groups in total. The quantitative estimate of drug-likeness (QED) is 0.769. The van der Waals surface area contributed by atoms with E-state index in [1.165, 1.54) is 6.20 Å². The third kappa shape index (κ3) is 1.50. The van der Waals surface area contributed by atoms with Crippen molar-refractivity contribution in [3.05, 3.63) is 33.4 Å². The number of halogens is 3. The van der Waals surface area contributed by atoms with Gasteiger partial charge in [0.2, 0.25) is 0 Å². The van der Waals surface area contributed by atoms with Crippen molar-refractivity contribution < 1.29 is 0 Å². The van der Waals surface area contributed by atoms with Crippen molar-refractivity contribution in [3.8, 4) is 0 Å². The van der Waals surface area contributed by atoms with Crippen molar-refractivity contribution in [2.45, 2.75) is 0 Å². The van der Waals surface area contributed by atoms with E-state index in [0.29, 0.717) is 31.7 Å². The van der Waals surface area contributed by atoms with Gasteiger partial charge in [-0.05, 0) is 12.1 Å². The first-order valence-electron chi connectivity index (χ1n) is 3.78. The average Bonchev–Trinajstić information content (AvgIpc) is 2.12. The third-order valence-corrected chi connectivity index (χ3v) is 2.69. The van der Waals surface area contributed by atoms with E-state index in [9.17, 15) is 0 Å². The number of pyridine rings is 1. The molecule has 2 nitrogen and oxygen atoms in total. The Balaban J connectivity index is 2.95. The van der Waals surface area contributed by atoms with Gasteiger partial charge in [0.15, 0.2) is 0 Å². The largest absolute Gasteiger partial charge is 0.397 e. The van der Waals surface area contributed by atoms with Crippen molar-refractivity contribution in [2.24, 2.45) is 0 Å². The fourth-order valence-electron chi connectivity index (χ4n) is 1.22. The zero-order valence-corrected chi connectivity index (χ0v) is 9.16. The molecule has 0 fully saturated rings. The lowest BCUT2D eigenvalue weighted by Gasteiger charge is -2.05. The molecule has 0 bridgehead atoms. The Morgan fingerprint density at radius 1 is 1.07 bits per heavy atom. The summed E-state index contributed by atoms with van der Waals surface area (Å²) in [5.41, 5.74) is 6.82. The number of fused-ring (bicyclic) bond motifs is 1. The number of aromatic nitrogens is 1. The molecule has 0 saturated heterocycles. The molecule has 2 rings (SSSR count). The Morgan fingerprint density at radius 2 is 1.79 bits per heavy atom. The molecule has 1 aromatic carbocycles. The van der Waals surface area contributed by atoms with Crippen molar-refractivity contribution >= 4 is 51.4 Å². The molecule has 14 heavy (non-hydrogen) atoms. The second-order valence-electron chi connectivity index (χ2n) is 2.80. The van der Waals surface area contributed by atoms with Gasteiger partial charge in [-0.1, -0.05) is 34.8 Å².